The lowest BCUT2D eigenvalue weighted by Gasteiger charge is -2.15. The first-order valence-electron chi connectivity index (χ1n) is 6.00. The molecular weight excluding hydrogens is 268 g/mol. The van der Waals surface area contributed by atoms with Gasteiger partial charge in [0.1, 0.15) is 17.6 Å². The molecule has 6 heteroatoms. The molecule has 2 heterocycles. The molecule has 3 rings (SSSR count). The Hall–Kier alpha value is -1.59. The summed E-state index contributed by atoms with van der Waals surface area (Å²) in [5.74, 6) is 1.27. The zero-order valence-electron chi connectivity index (χ0n) is 10.4. The summed E-state index contributed by atoms with van der Waals surface area (Å²) in [7, 11) is 1.59. The lowest BCUT2D eigenvalue weighted by molar-refractivity contribution is 0.139. The molecule has 1 aromatic carbocycles. The van der Waals surface area contributed by atoms with Crippen molar-refractivity contribution < 1.29 is 14.2 Å². The number of ether oxygens (including phenoxy) is 3. The molecule has 5 nitrogen and oxygen atoms in total. The Morgan fingerprint density at radius 2 is 2.21 bits per heavy atom. The van der Waals surface area contributed by atoms with Crippen LogP contribution in [-0.4, -0.2) is 36.4 Å². The highest BCUT2D eigenvalue weighted by Gasteiger charge is 2.20. The minimum Gasteiger partial charge on any atom is -0.493 e. The average Bonchev–Trinajstić information content (AvgIpc) is 2.91. The van der Waals surface area contributed by atoms with E-state index in [2.05, 4.69) is 9.97 Å². The standard InChI is InChI=1S/C13H13ClN2O3/c1-17-11-4-9-10(15-7-16-13(9)14)5-12(11)19-8-2-3-18-6-8/h4-5,7-8H,2-3,6H2,1H3/t8-/m0/s1. The second-order valence-electron chi connectivity index (χ2n) is 4.29. The molecule has 0 aliphatic carbocycles. The van der Waals surface area contributed by atoms with E-state index in [9.17, 15) is 0 Å². The molecule has 1 aliphatic heterocycles. The van der Waals surface area contributed by atoms with Crippen molar-refractivity contribution in [2.45, 2.75) is 12.5 Å². The van der Waals surface area contributed by atoms with E-state index in [0.29, 0.717) is 23.3 Å². The summed E-state index contributed by atoms with van der Waals surface area (Å²) in [5.41, 5.74) is 0.731. The average molecular weight is 281 g/mol. The van der Waals surface area contributed by atoms with E-state index in [1.54, 1.807) is 13.2 Å². The van der Waals surface area contributed by atoms with Crippen LogP contribution in [0.25, 0.3) is 10.9 Å². The van der Waals surface area contributed by atoms with Crippen LogP contribution < -0.4 is 9.47 Å². The van der Waals surface area contributed by atoms with Crippen LogP contribution in [-0.2, 0) is 4.74 Å². The van der Waals surface area contributed by atoms with Gasteiger partial charge >= 0.3 is 0 Å². The Kier molecular flexibility index (Phi) is 3.40. The van der Waals surface area contributed by atoms with Crippen LogP contribution in [0, 0.1) is 0 Å². The number of hydrogen-bond acceptors (Lipinski definition) is 5. The summed E-state index contributed by atoms with van der Waals surface area (Å²) >= 11 is 6.04. The summed E-state index contributed by atoms with van der Waals surface area (Å²) in [6.07, 6.45) is 2.37. The minimum atomic E-state index is 0.0589. The van der Waals surface area contributed by atoms with Crippen molar-refractivity contribution in [3.8, 4) is 11.5 Å². The fraction of sp³-hybridized carbons (Fsp3) is 0.385. The number of halogens is 1. The van der Waals surface area contributed by atoms with Crippen LogP contribution in [0.3, 0.4) is 0 Å². The zero-order chi connectivity index (χ0) is 13.2. The zero-order valence-corrected chi connectivity index (χ0v) is 11.2. The number of methoxy groups -OCH3 is 1. The van der Waals surface area contributed by atoms with Crippen molar-refractivity contribution in [1.29, 1.82) is 0 Å². The first kappa shape index (κ1) is 12.4. The van der Waals surface area contributed by atoms with Gasteiger partial charge in [0.2, 0.25) is 0 Å². The number of rotatable bonds is 3. The lowest BCUT2D eigenvalue weighted by atomic mass is 10.2. The van der Waals surface area contributed by atoms with Crippen LogP contribution in [0.4, 0.5) is 0 Å². The van der Waals surface area contributed by atoms with Gasteiger partial charge in [-0.3, -0.25) is 0 Å². The smallest absolute Gasteiger partial charge is 0.163 e. The molecule has 0 N–H and O–H groups in total. The van der Waals surface area contributed by atoms with Crippen molar-refractivity contribution in [2.75, 3.05) is 20.3 Å². The van der Waals surface area contributed by atoms with E-state index < -0.39 is 0 Å². The second kappa shape index (κ2) is 5.19. The van der Waals surface area contributed by atoms with E-state index in [1.807, 2.05) is 6.07 Å². The molecule has 0 amide bonds. The van der Waals surface area contributed by atoms with Crippen LogP contribution in [0.1, 0.15) is 6.42 Å². The molecule has 1 aromatic heterocycles. The van der Waals surface area contributed by atoms with Crippen molar-refractivity contribution >= 4 is 22.5 Å². The Balaban J connectivity index is 2.02. The lowest BCUT2D eigenvalue weighted by Crippen LogP contribution is -2.16. The predicted octanol–water partition coefficient (Wildman–Crippen LogP) is 2.46. The first-order valence-corrected chi connectivity index (χ1v) is 6.38. The van der Waals surface area contributed by atoms with E-state index >= 15 is 0 Å². The van der Waals surface area contributed by atoms with Gasteiger partial charge in [0.05, 0.1) is 25.8 Å². The summed E-state index contributed by atoms with van der Waals surface area (Å²) in [5, 5.41) is 1.15. The minimum absolute atomic E-state index is 0.0589. The summed E-state index contributed by atoms with van der Waals surface area (Å²) < 4.78 is 16.5. The van der Waals surface area contributed by atoms with E-state index in [4.69, 9.17) is 25.8 Å². The van der Waals surface area contributed by atoms with Crippen LogP contribution in [0.5, 0.6) is 11.5 Å². The SMILES string of the molecule is COc1cc2c(Cl)ncnc2cc1O[C@H]1CCOC1. The highest BCUT2D eigenvalue weighted by molar-refractivity contribution is 6.34. The molecule has 100 valence electrons. The van der Waals surface area contributed by atoms with Crippen LogP contribution >= 0.6 is 11.6 Å². The molecular formula is C13H13ClN2O3. The molecule has 1 saturated heterocycles. The summed E-state index contributed by atoms with van der Waals surface area (Å²) in [4.78, 5) is 8.14. The molecule has 0 saturated carbocycles. The van der Waals surface area contributed by atoms with Gasteiger partial charge in [0, 0.05) is 17.9 Å². The quantitative estimate of drug-likeness (QED) is 0.809. The van der Waals surface area contributed by atoms with Gasteiger partial charge < -0.3 is 14.2 Å². The molecule has 0 unspecified atom stereocenters. The van der Waals surface area contributed by atoms with Gasteiger partial charge in [-0.15, -0.1) is 0 Å². The third kappa shape index (κ3) is 2.43. The van der Waals surface area contributed by atoms with Crippen molar-refractivity contribution in [3.05, 3.63) is 23.6 Å². The molecule has 0 bridgehead atoms. The highest BCUT2D eigenvalue weighted by atomic mass is 35.5. The fourth-order valence-corrected chi connectivity index (χ4v) is 2.26. The van der Waals surface area contributed by atoms with E-state index in [0.717, 1.165) is 23.9 Å². The van der Waals surface area contributed by atoms with Gasteiger partial charge in [-0.1, -0.05) is 11.6 Å². The Bertz CT molecular complexity index is 600. The normalized spacial score (nSPS) is 18.7. The predicted molar refractivity (Wildman–Crippen MR) is 71.0 cm³/mol. The molecule has 1 atom stereocenters. The summed E-state index contributed by atoms with van der Waals surface area (Å²) in [6.45, 7) is 1.33. The maximum absolute atomic E-state index is 6.04. The van der Waals surface area contributed by atoms with Gasteiger partial charge in [0.15, 0.2) is 11.5 Å². The third-order valence-electron chi connectivity index (χ3n) is 3.05. The largest absolute Gasteiger partial charge is 0.493 e. The molecule has 1 aliphatic rings. The molecule has 1 fully saturated rings. The second-order valence-corrected chi connectivity index (χ2v) is 4.65. The number of nitrogens with zero attached hydrogens (tertiary/aromatic N) is 2. The van der Waals surface area contributed by atoms with Gasteiger partial charge in [-0.2, -0.15) is 0 Å². The number of hydrogen-bond donors (Lipinski definition) is 0. The highest BCUT2D eigenvalue weighted by Crippen LogP contribution is 2.34. The van der Waals surface area contributed by atoms with Crippen molar-refractivity contribution in [2.24, 2.45) is 0 Å². The van der Waals surface area contributed by atoms with Crippen LogP contribution in [0.15, 0.2) is 18.5 Å². The topological polar surface area (TPSA) is 53.5 Å². The summed E-state index contributed by atoms with van der Waals surface area (Å²) in [6, 6.07) is 3.61. The van der Waals surface area contributed by atoms with Crippen molar-refractivity contribution in [3.63, 3.8) is 0 Å². The number of aromatic nitrogens is 2. The monoisotopic (exact) mass is 280 g/mol. The molecule has 19 heavy (non-hydrogen) atoms. The Morgan fingerprint density at radius 1 is 1.32 bits per heavy atom. The molecule has 0 spiro atoms. The molecule has 0 radical (unpaired) electrons. The van der Waals surface area contributed by atoms with Gasteiger partial charge in [0.25, 0.3) is 0 Å². The molecule has 2 aromatic rings. The van der Waals surface area contributed by atoms with Crippen LogP contribution in [0.2, 0.25) is 5.15 Å². The number of fused-ring (bicyclic) bond motifs is 1. The Morgan fingerprint density at radius 3 is 2.95 bits per heavy atom. The third-order valence-corrected chi connectivity index (χ3v) is 3.35. The first-order chi connectivity index (χ1) is 9.28. The van der Waals surface area contributed by atoms with Crippen molar-refractivity contribution in [1.82, 2.24) is 9.97 Å². The van der Waals surface area contributed by atoms with E-state index in [-0.39, 0.29) is 6.10 Å². The fourth-order valence-electron chi connectivity index (χ4n) is 2.07. The van der Waals surface area contributed by atoms with Gasteiger partial charge in [-0.25, -0.2) is 9.97 Å². The number of benzene rings is 1. The Labute approximate surface area is 115 Å². The maximum atomic E-state index is 6.04. The van der Waals surface area contributed by atoms with E-state index in [1.165, 1.54) is 6.33 Å². The maximum Gasteiger partial charge on any atom is 0.163 e. The van der Waals surface area contributed by atoms with Gasteiger partial charge in [-0.05, 0) is 6.07 Å².